The monoisotopic (exact) mass is 453 g/mol. The summed E-state index contributed by atoms with van der Waals surface area (Å²) < 4.78 is 31.7. The van der Waals surface area contributed by atoms with Gasteiger partial charge in [-0.2, -0.15) is 13.2 Å². The molecule has 4 rings (SSSR count). The Labute approximate surface area is 180 Å². The van der Waals surface area contributed by atoms with E-state index in [-0.39, 0.29) is 5.56 Å². The van der Waals surface area contributed by atoms with E-state index in [4.69, 9.17) is 9.90 Å². The summed E-state index contributed by atoms with van der Waals surface area (Å²) in [5.74, 6) is -2.76. The molecule has 0 bridgehead atoms. The molecule has 1 atom stereocenters. The minimum atomic E-state index is -5.08. The lowest BCUT2D eigenvalue weighted by atomic mass is 10.1. The summed E-state index contributed by atoms with van der Waals surface area (Å²) in [4.78, 5) is 30.9. The quantitative estimate of drug-likeness (QED) is 0.620. The number of hydrogen-bond donors (Lipinski definition) is 2. The van der Waals surface area contributed by atoms with Crippen LogP contribution in [0.25, 0.3) is 10.8 Å². The topological polar surface area (TPSA) is 86.3 Å². The molecule has 1 aliphatic heterocycles. The normalized spacial score (nSPS) is 16.8. The van der Waals surface area contributed by atoms with Gasteiger partial charge in [-0.25, -0.2) is 9.78 Å². The minimum absolute atomic E-state index is 0.00872. The highest BCUT2D eigenvalue weighted by Gasteiger charge is 2.38. The van der Waals surface area contributed by atoms with Crippen LogP contribution in [0, 0.1) is 6.92 Å². The number of aromatic amines is 1. The summed E-state index contributed by atoms with van der Waals surface area (Å²) in [5.41, 5.74) is 2.31. The zero-order valence-electron chi connectivity index (χ0n) is 16.8. The Kier molecular flexibility index (Phi) is 7.11. The summed E-state index contributed by atoms with van der Waals surface area (Å²) >= 11 is 1.76. The number of thiazole rings is 1. The molecule has 31 heavy (non-hydrogen) atoms. The Morgan fingerprint density at radius 1 is 1.32 bits per heavy atom. The van der Waals surface area contributed by atoms with E-state index in [1.807, 2.05) is 24.4 Å². The fourth-order valence-electron chi connectivity index (χ4n) is 3.65. The van der Waals surface area contributed by atoms with E-state index in [0.29, 0.717) is 6.04 Å². The van der Waals surface area contributed by atoms with Crippen molar-refractivity contribution in [3.8, 4) is 0 Å². The van der Waals surface area contributed by atoms with Crippen molar-refractivity contribution in [3.63, 3.8) is 0 Å². The lowest BCUT2D eigenvalue weighted by Crippen LogP contribution is -2.31. The smallest absolute Gasteiger partial charge is 0.475 e. The zero-order chi connectivity index (χ0) is 22.6. The maximum absolute atomic E-state index is 12.0. The van der Waals surface area contributed by atoms with Gasteiger partial charge in [-0.3, -0.25) is 9.69 Å². The molecule has 3 heterocycles. The number of aryl methyl sites for hydroxylation is 1. The Balaban J connectivity index is 0.000000339. The van der Waals surface area contributed by atoms with Crippen molar-refractivity contribution >= 4 is 28.1 Å². The molecule has 1 aliphatic rings. The number of nitrogens with zero attached hydrogens (tertiary/aromatic N) is 2. The number of nitrogens with one attached hydrogen (secondary N) is 1. The van der Waals surface area contributed by atoms with Crippen LogP contribution >= 0.6 is 11.3 Å². The second-order valence-corrected chi connectivity index (χ2v) is 8.29. The van der Waals surface area contributed by atoms with E-state index >= 15 is 0 Å². The van der Waals surface area contributed by atoms with Gasteiger partial charge in [0.2, 0.25) is 0 Å². The van der Waals surface area contributed by atoms with Crippen LogP contribution in [0.15, 0.2) is 40.6 Å². The number of aliphatic carboxylic acids is 1. The van der Waals surface area contributed by atoms with Gasteiger partial charge in [-0.15, -0.1) is 11.3 Å². The first-order valence-corrected chi connectivity index (χ1v) is 10.6. The van der Waals surface area contributed by atoms with Crippen LogP contribution in [-0.2, 0) is 17.8 Å². The number of pyridine rings is 1. The van der Waals surface area contributed by atoms with Crippen LogP contribution in [0.5, 0.6) is 0 Å². The predicted octanol–water partition coefficient (Wildman–Crippen LogP) is 4.13. The number of rotatable bonds is 4. The Morgan fingerprint density at radius 3 is 2.61 bits per heavy atom. The average molecular weight is 453 g/mol. The number of fused-ring (bicyclic) bond motifs is 1. The van der Waals surface area contributed by atoms with E-state index in [2.05, 4.69) is 33.2 Å². The molecule has 1 aromatic carbocycles. The summed E-state index contributed by atoms with van der Waals surface area (Å²) in [6, 6.07) is 8.42. The lowest BCUT2D eigenvalue weighted by Gasteiger charge is -2.24. The molecule has 1 saturated heterocycles. The largest absolute Gasteiger partial charge is 0.490 e. The van der Waals surface area contributed by atoms with Gasteiger partial charge in [0.05, 0.1) is 5.01 Å². The molecule has 0 saturated carbocycles. The number of likely N-dealkylation sites (tertiary alicyclic amines) is 1. The highest BCUT2D eigenvalue weighted by molar-refractivity contribution is 7.09. The van der Waals surface area contributed by atoms with Crippen LogP contribution in [0.3, 0.4) is 0 Å². The number of alkyl halides is 3. The Morgan fingerprint density at radius 2 is 2.00 bits per heavy atom. The first-order valence-electron chi connectivity index (χ1n) is 9.69. The molecule has 0 radical (unpaired) electrons. The third-order valence-corrected chi connectivity index (χ3v) is 6.08. The molecule has 0 spiro atoms. The van der Waals surface area contributed by atoms with Crippen molar-refractivity contribution in [2.45, 2.75) is 44.9 Å². The summed E-state index contributed by atoms with van der Waals surface area (Å²) in [5, 5.41) is 12.3. The molecule has 166 valence electrons. The maximum Gasteiger partial charge on any atom is 0.490 e. The number of carboxylic acids is 1. The van der Waals surface area contributed by atoms with E-state index < -0.39 is 12.1 Å². The number of aromatic nitrogens is 2. The molecule has 1 fully saturated rings. The van der Waals surface area contributed by atoms with Crippen LogP contribution < -0.4 is 5.56 Å². The minimum Gasteiger partial charge on any atom is -0.475 e. The summed E-state index contributed by atoms with van der Waals surface area (Å²) in [6.45, 7) is 4.05. The number of carbonyl (C=O) groups is 1. The van der Waals surface area contributed by atoms with E-state index in [1.54, 1.807) is 11.3 Å². The van der Waals surface area contributed by atoms with E-state index in [1.165, 1.54) is 23.4 Å². The van der Waals surface area contributed by atoms with Crippen molar-refractivity contribution in [2.24, 2.45) is 0 Å². The molecule has 0 amide bonds. The predicted molar refractivity (Wildman–Crippen MR) is 112 cm³/mol. The zero-order valence-corrected chi connectivity index (χ0v) is 17.6. The van der Waals surface area contributed by atoms with E-state index in [0.717, 1.165) is 36.0 Å². The third-order valence-electron chi connectivity index (χ3n) is 5.09. The van der Waals surface area contributed by atoms with Crippen molar-refractivity contribution < 1.29 is 23.1 Å². The Hall–Kier alpha value is -2.72. The highest BCUT2D eigenvalue weighted by atomic mass is 32.1. The van der Waals surface area contributed by atoms with Crippen LogP contribution in [0.2, 0.25) is 0 Å². The van der Waals surface area contributed by atoms with Gasteiger partial charge < -0.3 is 10.1 Å². The average Bonchev–Trinajstić information content (AvgIpc) is 3.33. The molecule has 2 N–H and O–H groups in total. The van der Waals surface area contributed by atoms with Crippen molar-refractivity contribution in [2.75, 3.05) is 6.54 Å². The fourth-order valence-corrected chi connectivity index (χ4v) is 4.50. The molecular weight excluding hydrogens is 431 g/mol. The first-order chi connectivity index (χ1) is 14.6. The summed E-state index contributed by atoms with van der Waals surface area (Å²) in [6.07, 6.45) is 0.281. The molecular formula is C21H22F3N3O3S. The number of halogens is 3. The van der Waals surface area contributed by atoms with Gasteiger partial charge in [0, 0.05) is 41.7 Å². The van der Waals surface area contributed by atoms with Crippen molar-refractivity contribution in [1.29, 1.82) is 0 Å². The highest BCUT2D eigenvalue weighted by Crippen LogP contribution is 2.26. The summed E-state index contributed by atoms with van der Waals surface area (Å²) in [7, 11) is 0. The maximum atomic E-state index is 12.0. The first kappa shape index (κ1) is 23.0. The standard InChI is InChI=1S/C19H21N3OS.C2HF3O2/c1-13-12-24-18(21-13)9-15-5-4-8-22(15)11-14-10-20-19(23)17-7-3-2-6-16(14)17;3-2(4,5)1(6)7/h2-3,6-7,10,12,15H,4-5,8-9,11H2,1H3,(H,20,23);(H,6,7). The van der Waals surface area contributed by atoms with E-state index in [9.17, 15) is 18.0 Å². The fraction of sp³-hybridized carbons (Fsp3) is 0.381. The van der Waals surface area contributed by atoms with Crippen LogP contribution in [0.1, 0.15) is 29.1 Å². The SMILES string of the molecule is Cc1csc(CC2CCCN2Cc2c[nH]c(=O)c3ccccc23)n1.O=C(O)C(F)(F)F. The van der Waals surface area contributed by atoms with Crippen LogP contribution in [0.4, 0.5) is 13.2 Å². The molecule has 3 aromatic rings. The van der Waals surface area contributed by atoms with Gasteiger partial charge in [-0.05, 0) is 43.3 Å². The van der Waals surface area contributed by atoms with Gasteiger partial charge in [-0.1, -0.05) is 18.2 Å². The van der Waals surface area contributed by atoms with Crippen molar-refractivity contribution in [3.05, 3.63) is 62.5 Å². The van der Waals surface area contributed by atoms with Gasteiger partial charge in [0.15, 0.2) is 0 Å². The molecule has 2 aromatic heterocycles. The molecule has 10 heteroatoms. The second kappa shape index (κ2) is 9.61. The number of benzene rings is 1. The Bertz CT molecular complexity index is 1110. The van der Waals surface area contributed by atoms with Crippen LogP contribution in [-0.4, -0.2) is 44.7 Å². The molecule has 1 unspecified atom stereocenters. The van der Waals surface area contributed by atoms with Gasteiger partial charge >= 0.3 is 12.1 Å². The molecule has 6 nitrogen and oxygen atoms in total. The number of hydrogen-bond acceptors (Lipinski definition) is 5. The van der Waals surface area contributed by atoms with Crippen molar-refractivity contribution in [1.82, 2.24) is 14.9 Å². The number of H-pyrrole nitrogens is 1. The third kappa shape index (κ3) is 5.92. The number of carboxylic acid groups (broad SMARTS) is 1. The van der Waals surface area contributed by atoms with Gasteiger partial charge in [0.25, 0.3) is 5.56 Å². The molecule has 0 aliphatic carbocycles. The lowest BCUT2D eigenvalue weighted by molar-refractivity contribution is -0.192. The van der Waals surface area contributed by atoms with Gasteiger partial charge in [0.1, 0.15) is 0 Å². The second-order valence-electron chi connectivity index (χ2n) is 7.34.